The molecule has 7 heteroatoms. The van der Waals surface area contributed by atoms with Crippen LogP contribution >= 0.6 is 0 Å². The second kappa shape index (κ2) is 6.78. The van der Waals surface area contributed by atoms with Gasteiger partial charge in [0.1, 0.15) is 9.92 Å². The number of hydrogen-bond donors (Lipinski definition) is 1. The predicted molar refractivity (Wildman–Crippen MR) is 113 cm³/mol. The van der Waals surface area contributed by atoms with Gasteiger partial charge in [0.05, 0.1) is 23.0 Å². The van der Waals surface area contributed by atoms with Gasteiger partial charge in [-0.15, -0.1) is 4.36 Å². The Hall–Kier alpha value is -2.51. The smallest absolute Gasteiger partial charge is 0.259 e. The lowest BCUT2D eigenvalue weighted by atomic mass is 9.92. The number of nitrogens with two attached hydrogens (primary N) is 1. The van der Waals surface area contributed by atoms with Gasteiger partial charge in [0, 0.05) is 12.4 Å². The van der Waals surface area contributed by atoms with Gasteiger partial charge < -0.3 is 0 Å². The van der Waals surface area contributed by atoms with E-state index in [2.05, 4.69) is 15.5 Å². The molecule has 0 fully saturated rings. The van der Waals surface area contributed by atoms with Crippen molar-refractivity contribution in [3.8, 4) is 0 Å². The molecule has 2 aromatic carbocycles. The number of benzene rings is 2. The summed E-state index contributed by atoms with van der Waals surface area (Å²) in [6.45, 7) is 0. The minimum Gasteiger partial charge on any atom is -0.272 e. The van der Waals surface area contributed by atoms with Crippen LogP contribution in [0.3, 0.4) is 0 Å². The highest BCUT2D eigenvalue weighted by molar-refractivity contribution is 7.91. The summed E-state index contributed by atoms with van der Waals surface area (Å²) in [5.41, 5.74) is 7.42. The van der Waals surface area contributed by atoms with Gasteiger partial charge in [-0.3, -0.25) is 9.48 Å². The highest BCUT2D eigenvalue weighted by Crippen LogP contribution is 2.35. The fourth-order valence-electron chi connectivity index (χ4n) is 4.86. The van der Waals surface area contributed by atoms with Crippen LogP contribution in [0.5, 0.6) is 0 Å². The number of rotatable bonds is 3. The maximum absolute atomic E-state index is 13.1. The molecule has 0 aliphatic heterocycles. The fraction of sp³-hybridized carbons (Fsp3) is 0.364. The zero-order valence-electron chi connectivity index (χ0n) is 16.5. The Labute approximate surface area is 170 Å². The highest BCUT2D eigenvalue weighted by atomic mass is 32.2. The molecule has 3 aromatic rings. The van der Waals surface area contributed by atoms with Gasteiger partial charge in [-0.25, -0.2) is 9.35 Å². The number of carbonyl (C=O) groups is 1. The minimum absolute atomic E-state index is 0.189. The normalized spacial score (nSPS) is 17.2. The van der Waals surface area contributed by atoms with Gasteiger partial charge >= 0.3 is 0 Å². The van der Waals surface area contributed by atoms with E-state index >= 15 is 0 Å². The maximum Gasteiger partial charge on any atom is 0.259 e. The van der Waals surface area contributed by atoms with Gasteiger partial charge in [0.25, 0.3) is 5.91 Å². The Morgan fingerprint density at radius 1 is 1.14 bits per heavy atom. The highest BCUT2D eigenvalue weighted by Gasteiger charge is 2.25. The molecule has 2 aliphatic rings. The van der Waals surface area contributed by atoms with Gasteiger partial charge in [-0.05, 0) is 84.5 Å². The van der Waals surface area contributed by atoms with Gasteiger partial charge in [-0.1, -0.05) is 6.07 Å². The van der Waals surface area contributed by atoms with Crippen LogP contribution in [0.4, 0.5) is 0 Å². The topological polar surface area (TPSA) is 90.3 Å². The van der Waals surface area contributed by atoms with Crippen molar-refractivity contribution in [2.24, 2.45) is 16.5 Å². The Morgan fingerprint density at radius 3 is 2.52 bits per heavy atom. The molecule has 0 saturated carbocycles. The third-order valence-electron chi connectivity index (χ3n) is 6.22. The van der Waals surface area contributed by atoms with E-state index in [-0.39, 0.29) is 6.42 Å². The zero-order chi connectivity index (χ0) is 20.2. The number of fused-ring (bicyclic) bond motifs is 3. The first kappa shape index (κ1) is 18.5. The first-order valence-corrected chi connectivity index (χ1v) is 11.6. The first-order chi connectivity index (χ1) is 13.9. The molecule has 5 rings (SSSR count). The Kier molecular flexibility index (Phi) is 4.33. The molecule has 1 heterocycles. The fourth-order valence-corrected chi connectivity index (χ4v) is 5.89. The quantitative estimate of drug-likeness (QED) is 0.722. The number of aryl methyl sites for hydroxylation is 3. The minimum atomic E-state index is -3.30. The summed E-state index contributed by atoms with van der Waals surface area (Å²) >= 11 is 0. The Balaban J connectivity index is 1.50. The van der Waals surface area contributed by atoms with Crippen LogP contribution in [0.15, 0.2) is 39.7 Å². The molecular weight excluding hydrogens is 384 g/mol. The molecule has 150 valence electrons. The lowest BCUT2D eigenvalue weighted by Crippen LogP contribution is -2.16. The van der Waals surface area contributed by atoms with Crippen LogP contribution in [0.2, 0.25) is 0 Å². The number of carbonyl (C=O) groups excluding carboxylic acids is 1. The number of aromatic nitrogens is 2. The van der Waals surface area contributed by atoms with E-state index in [4.69, 9.17) is 5.14 Å². The van der Waals surface area contributed by atoms with Crippen molar-refractivity contribution in [2.75, 3.05) is 0 Å². The lowest BCUT2D eigenvalue weighted by molar-refractivity contribution is -0.117. The standard InChI is InChI=1S/C22H24N4O2S/c1-26-21-9-8-17(11-16(21)13-24-26)29(23,28)25-22(27)12-20-18-6-2-4-14(18)10-15-5-3-7-19(15)20/h8-11,13H,2-7,12H2,1H3,(H2,23,25,27,28). The largest absolute Gasteiger partial charge is 0.272 e. The zero-order valence-corrected chi connectivity index (χ0v) is 17.3. The summed E-state index contributed by atoms with van der Waals surface area (Å²) < 4.78 is 18.8. The van der Waals surface area contributed by atoms with Gasteiger partial charge in [-0.2, -0.15) is 5.10 Å². The molecule has 1 unspecified atom stereocenters. The monoisotopic (exact) mass is 408 g/mol. The van der Waals surface area contributed by atoms with Crippen LogP contribution in [0.25, 0.3) is 10.9 Å². The van der Waals surface area contributed by atoms with Crippen LogP contribution in [-0.2, 0) is 53.9 Å². The summed E-state index contributed by atoms with van der Waals surface area (Å²) in [5.74, 6) is -0.404. The first-order valence-electron chi connectivity index (χ1n) is 10.1. The summed E-state index contributed by atoms with van der Waals surface area (Å²) in [6.07, 6.45) is 8.34. The summed E-state index contributed by atoms with van der Waals surface area (Å²) in [7, 11) is -1.46. The molecule has 1 amide bonds. The predicted octanol–water partition coefficient (Wildman–Crippen LogP) is 3.02. The molecule has 29 heavy (non-hydrogen) atoms. The number of nitrogens with zero attached hydrogens (tertiary/aromatic N) is 3. The average molecular weight is 409 g/mol. The number of hydrogen-bond acceptors (Lipinski definition) is 3. The SMILES string of the molecule is Cn1ncc2cc(S(N)(=O)=NC(=O)Cc3c4c(cc5c3CCC5)CCC4)ccc21. The summed E-state index contributed by atoms with van der Waals surface area (Å²) in [4.78, 5) is 13.2. The molecule has 6 nitrogen and oxygen atoms in total. The van der Waals surface area contributed by atoms with Crippen LogP contribution < -0.4 is 5.14 Å². The van der Waals surface area contributed by atoms with Crippen LogP contribution in [0.1, 0.15) is 40.7 Å². The van der Waals surface area contributed by atoms with Crippen molar-refractivity contribution >= 4 is 26.7 Å². The molecule has 1 atom stereocenters. The van der Waals surface area contributed by atoms with E-state index in [1.807, 2.05) is 7.05 Å². The molecule has 0 saturated heterocycles. The molecule has 2 aliphatic carbocycles. The molecule has 0 bridgehead atoms. The van der Waals surface area contributed by atoms with E-state index in [1.165, 1.54) is 22.3 Å². The molecule has 2 N–H and O–H groups in total. The van der Waals surface area contributed by atoms with E-state index in [0.29, 0.717) is 4.90 Å². The summed E-state index contributed by atoms with van der Waals surface area (Å²) in [6, 6.07) is 7.52. The molecule has 0 spiro atoms. The number of amides is 1. The van der Waals surface area contributed by atoms with E-state index < -0.39 is 15.8 Å². The van der Waals surface area contributed by atoms with Gasteiger partial charge in [0.2, 0.25) is 0 Å². The van der Waals surface area contributed by atoms with Crippen LogP contribution in [0, 0.1) is 0 Å². The van der Waals surface area contributed by atoms with Crippen molar-refractivity contribution in [2.45, 2.75) is 49.8 Å². The van der Waals surface area contributed by atoms with Crippen molar-refractivity contribution in [3.05, 3.63) is 58.3 Å². The molecular formula is C22H24N4O2S. The second-order valence-corrected chi connectivity index (χ2v) is 9.85. The average Bonchev–Trinajstić information content (AvgIpc) is 3.41. The summed E-state index contributed by atoms with van der Waals surface area (Å²) in [5, 5.41) is 11.0. The van der Waals surface area contributed by atoms with Crippen molar-refractivity contribution < 1.29 is 9.00 Å². The Morgan fingerprint density at radius 2 is 1.83 bits per heavy atom. The van der Waals surface area contributed by atoms with E-state index in [1.54, 1.807) is 29.1 Å². The molecule has 0 radical (unpaired) electrons. The van der Waals surface area contributed by atoms with E-state index in [9.17, 15) is 9.00 Å². The van der Waals surface area contributed by atoms with Crippen molar-refractivity contribution in [1.29, 1.82) is 0 Å². The van der Waals surface area contributed by atoms with E-state index in [0.717, 1.165) is 55.0 Å². The lowest BCUT2D eigenvalue weighted by Gasteiger charge is -2.14. The van der Waals surface area contributed by atoms with Crippen molar-refractivity contribution in [1.82, 2.24) is 9.78 Å². The van der Waals surface area contributed by atoms with Crippen LogP contribution in [-0.4, -0.2) is 19.9 Å². The maximum atomic E-state index is 13.1. The second-order valence-electron chi connectivity index (χ2n) is 8.06. The molecule has 1 aromatic heterocycles. The third kappa shape index (κ3) is 3.18. The third-order valence-corrected chi connectivity index (χ3v) is 7.62. The van der Waals surface area contributed by atoms with Gasteiger partial charge in [0.15, 0.2) is 0 Å². The Bertz CT molecular complexity index is 1250. The van der Waals surface area contributed by atoms with Crippen molar-refractivity contribution in [3.63, 3.8) is 0 Å².